The van der Waals surface area contributed by atoms with Crippen LogP contribution in [0.4, 0.5) is 5.69 Å². The van der Waals surface area contributed by atoms with Crippen LogP contribution in [0.2, 0.25) is 0 Å². The molecular formula is C23H23N3O2S. The standard InChI is InChI=1S/C23H23N3O2S/c1-4-28-20-12-15(2)10-11-19(20)24-22(27)21-13-18-16(3)25-26(23(18)29-21)14-17-8-6-5-7-9-17/h5-13H,4,14H2,1-3H3,(H,24,27). The van der Waals surface area contributed by atoms with E-state index in [1.807, 2.05) is 67.9 Å². The number of thiophene rings is 1. The Morgan fingerprint density at radius 1 is 1.14 bits per heavy atom. The van der Waals surface area contributed by atoms with Crippen molar-refractivity contribution in [2.45, 2.75) is 27.3 Å². The van der Waals surface area contributed by atoms with E-state index in [9.17, 15) is 4.79 Å². The van der Waals surface area contributed by atoms with Crippen molar-refractivity contribution in [2.75, 3.05) is 11.9 Å². The summed E-state index contributed by atoms with van der Waals surface area (Å²) in [5.74, 6) is 0.551. The molecular weight excluding hydrogens is 382 g/mol. The van der Waals surface area contributed by atoms with Crippen molar-refractivity contribution in [3.8, 4) is 5.75 Å². The predicted molar refractivity (Wildman–Crippen MR) is 118 cm³/mol. The molecule has 0 unspecified atom stereocenters. The average Bonchev–Trinajstić information content (AvgIpc) is 3.27. The number of ether oxygens (including phenoxy) is 1. The molecule has 1 N–H and O–H groups in total. The second kappa shape index (κ2) is 8.09. The Morgan fingerprint density at radius 2 is 1.93 bits per heavy atom. The summed E-state index contributed by atoms with van der Waals surface area (Å²) in [6.07, 6.45) is 0. The Labute approximate surface area is 173 Å². The van der Waals surface area contributed by atoms with Crippen LogP contribution in [0.3, 0.4) is 0 Å². The van der Waals surface area contributed by atoms with Gasteiger partial charge in [0.2, 0.25) is 0 Å². The zero-order chi connectivity index (χ0) is 20.4. The van der Waals surface area contributed by atoms with Crippen molar-refractivity contribution < 1.29 is 9.53 Å². The second-order valence-corrected chi connectivity index (χ2v) is 7.98. The minimum Gasteiger partial charge on any atom is -0.492 e. The van der Waals surface area contributed by atoms with Crippen molar-refractivity contribution in [2.24, 2.45) is 0 Å². The first-order valence-electron chi connectivity index (χ1n) is 9.61. The normalized spacial score (nSPS) is 11.0. The topological polar surface area (TPSA) is 56.1 Å². The minimum absolute atomic E-state index is 0.137. The molecule has 0 saturated carbocycles. The summed E-state index contributed by atoms with van der Waals surface area (Å²) in [6, 6.07) is 17.9. The number of hydrogen-bond acceptors (Lipinski definition) is 4. The van der Waals surface area contributed by atoms with Crippen LogP contribution in [-0.2, 0) is 6.54 Å². The lowest BCUT2D eigenvalue weighted by atomic mass is 10.2. The van der Waals surface area contributed by atoms with E-state index in [0.29, 0.717) is 29.5 Å². The number of nitrogens with zero attached hydrogens (tertiary/aromatic N) is 2. The molecule has 148 valence electrons. The van der Waals surface area contributed by atoms with Crippen LogP contribution in [-0.4, -0.2) is 22.3 Å². The predicted octanol–water partition coefficient (Wildman–Crippen LogP) is 5.41. The highest BCUT2D eigenvalue weighted by Gasteiger charge is 2.18. The Bertz CT molecular complexity index is 1160. The Morgan fingerprint density at radius 3 is 2.69 bits per heavy atom. The summed E-state index contributed by atoms with van der Waals surface area (Å²) in [4.78, 5) is 14.6. The molecule has 0 aliphatic heterocycles. The van der Waals surface area contributed by atoms with Gasteiger partial charge in [-0.3, -0.25) is 9.48 Å². The molecule has 0 bridgehead atoms. The number of aromatic nitrogens is 2. The number of anilines is 1. The maximum atomic E-state index is 12.9. The molecule has 2 aromatic heterocycles. The van der Waals surface area contributed by atoms with Crippen molar-refractivity contribution in [1.82, 2.24) is 9.78 Å². The van der Waals surface area contributed by atoms with Crippen molar-refractivity contribution >= 4 is 33.1 Å². The third-order valence-corrected chi connectivity index (χ3v) is 5.84. The quantitative estimate of drug-likeness (QED) is 0.466. The number of rotatable bonds is 6. The summed E-state index contributed by atoms with van der Waals surface area (Å²) in [7, 11) is 0. The van der Waals surface area contributed by atoms with Crippen molar-refractivity contribution in [3.05, 3.63) is 76.3 Å². The maximum absolute atomic E-state index is 12.9. The highest BCUT2D eigenvalue weighted by molar-refractivity contribution is 7.20. The summed E-state index contributed by atoms with van der Waals surface area (Å²) >= 11 is 1.46. The van der Waals surface area contributed by atoms with Gasteiger partial charge < -0.3 is 10.1 Å². The molecule has 0 fully saturated rings. The summed E-state index contributed by atoms with van der Waals surface area (Å²) in [5.41, 5.74) is 3.88. The number of amides is 1. The van der Waals surface area contributed by atoms with Gasteiger partial charge in [0.15, 0.2) is 0 Å². The monoisotopic (exact) mass is 405 g/mol. The number of hydrogen-bond donors (Lipinski definition) is 1. The molecule has 4 aromatic rings. The van der Waals surface area contributed by atoms with Crippen LogP contribution in [0.25, 0.3) is 10.2 Å². The second-order valence-electron chi connectivity index (χ2n) is 6.94. The van der Waals surface area contributed by atoms with E-state index in [1.54, 1.807) is 0 Å². The zero-order valence-corrected chi connectivity index (χ0v) is 17.5. The highest BCUT2D eigenvalue weighted by Crippen LogP contribution is 2.31. The lowest BCUT2D eigenvalue weighted by Crippen LogP contribution is -2.11. The molecule has 1 amide bonds. The fourth-order valence-electron chi connectivity index (χ4n) is 3.28. The largest absolute Gasteiger partial charge is 0.492 e. The number of carbonyl (C=O) groups is 1. The summed E-state index contributed by atoms with van der Waals surface area (Å²) in [6.45, 7) is 7.14. The molecule has 0 atom stereocenters. The van der Waals surface area contributed by atoms with Gasteiger partial charge in [-0.05, 0) is 50.1 Å². The van der Waals surface area contributed by atoms with Crippen molar-refractivity contribution in [1.29, 1.82) is 0 Å². The fourth-order valence-corrected chi connectivity index (χ4v) is 4.34. The van der Waals surface area contributed by atoms with Crippen LogP contribution in [0.15, 0.2) is 54.6 Å². The molecule has 0 aliphatic rings. The SMILES string of the molecule is CCOc1cc(C)ccc1NC(=O)c1cc2c(C)nn(Cc3ccccc3)c2s1. The molecule has 2 aromatic carbocycles. The van der Waals surface area contributed by atoms with E-state index in [2.05, 4.69) is 22.5 Å². The third kappa shape index (κ3) is 4.03. The lowest BCUT2D eigenvalue weighted by molar-refractivity contribution is 0.103. The van der Waals surface area contributed by atoms with Crippen LogP contribution >= 0.6 is 11.3 Å². The van der Waals surface area contributed by atoms with Gasteiger partial charge in [0.05, 0.1) is 29.4 Å². The van der Waals surface area contributed by atoms with Gasteiger partial charge in [0.1, 0.15) is 10.6 Å². The molecule has 4 rings (SSSR count). The third-order valence-electron chi connectivity index (χ3n) is 4.69. The Hall–Kier alpha value is -3.12. The number of benzene rings is 2. The molecule has 6 heteroatoms. The van der Waals surface area contributed by atoms with Crippen molar-refractivity contribution in [3.63, 3.8) is 0 Å². The molecule has 0 saturated heterocycles. The van der Waals surface area contributed by atoms with Gasteiger partial charge in [-0.2, -0.15) is 5.10 Å². The Balaban J connectivity index is 1.61. The van der Waals surface area contributed by atoms with Gasteiger partial charge in [-0.1, -0.05) is 36.4 Å². The molecule has 0 radical (unpaired) electrons. The number of carbonyl (C=O) groups excluding carboxylic acids is 1. The van der Waals surface area contributed by atoms with E-state index >= 15 is 0 Å². The van der Waals surface area contributed by atoms with Gasteiger partial charge in [-0.15, -0.1) is 11.3 Å². The molecule has 0 spiro atoms. The summed E-state index contributed by atoms with van der Waals surface area (Å²) < 4.78 is 7.65. The van der Waals surface area contributed by atoms with Gasteiger partial charge in [0.25, 0.3) is 5.91 Å². The number of fused-ring (bicyclic) bond motifs is 1. The van der Waals surface area contributed by atoms with E-state index in [1.165, 1.54) is 16.9 Å². The average molecular weight is 406 g/mol. The van der Waals surface area contributed by atoms with Crippen LogP contribution in [0.5, 0.6) is 5.75 Å². The molecule has 0 aliphatic carbocycles. The first-order valence-corrected chi connectivity index (χ1v) is 10.4. The van der Waals surface area contributed by atoms with Crippen LogP contribution in [0.1, 0.15) is 33.4 Å². The maximum Gasteiger partial charge on any atom is 0.265 e. The number of nitrogens with one attached hydrogen (secondary N) is 1. The zero-order valence-electron chi connectivity index (χ0n) is 16.7. The number of aryl methyl sites for hydroxylation is 2. The minimum atomic E-state index is -0.137. The van der Waals surface area contributed by atoms with E-state index < -0.39 is 0 Å². The first-order chi connectivity index (χ1) is 14.0. The van der Waals surface area contributed by atoms with E-state index in [0.717, 1.165) is 21.5 Å². The van der Waals surface area contributed by atoms with Crippen LogP contribution < -0.4 is 10.1 Å². The fraction of sp³-hybridized carbons (Fsp3) is 0.217. The molecule has 29 heavy (non-hydrogen) atoms. The molecule has 2 heterocycles. The van der Waals surface area contributed by atoms with Gasteiger partial charge in [-0.25, -0.2) is 0 Å². The van der Waals surface area contributed by atoms with E-state index in [-0.39, 0.29) is 5.91 Å². The van der Waals surface area contributed by atoms with Gasteiger partial charge in [0, 0.05) is 5.39 Å². The van der Waals surface area contributed by atoms with Gasteiger partial charge >= 0.3 is 0 Å². The Kier molecular flexibility index (Phi) is 5.36. The smallest absolute Gasteiger partial charge is 0.265 e. The highest BCUT2D eigenvalue weighted by atomic mass is 32.1. The van der Waals surface area contributed by atoms with Crippen LogP contribution in [0, 0.1) is 13.8 Å². The lowest BCUT2D eigenvalue weighted by Gasteiger charge is -2.11. The molecule has 5 nitrogen and oxygen atoms in total. The first kappa shape index (κ1) is 19.2. The summed E-state index contributed by atoms with van der Waals surface area (Å²) in [5, 5.41) is 8.67. The van der Waals surface area contributed by atoms with E-state index in [4.69, 9.17) is 4.74 Å².